The van der Waals surface area contributed by atoms with Crippen molar-refractivity contribution in [1.29, 1.82) is 0 Å². The van der Waals surface area contributed by atoms with Crippen LogP contribution in [0.4, 0.5) is 0 Å². The molecule has 2 atom stereocenters. The van der Waals surface area contributed by atoms with Crippen LogP contribution < -0.4 is 5.32 Å². The molecule has 0 aromatic heterocycles. The maximum atomic E-state index is 11.0. The van der Waals surface area contributed by atoms with Crippen LogP contribution in [0.15, 0.2) is 0 Å². The molecule has 1 fully saturated rings. The second-order valence-electron chi connectivity index (χ2n) is 6.16. The Bertz CT molecular complexity index is 263. The smallest absolute Gasteiger partial charge is 0.217 e. The van der Waals surface area contributed by atoms with Crippen molar-refractivity contribution in [1.82, 2.24) is 10.2 Å². The SMILES string of the molecule is CC(=O)NC1CCN(CC(CBr)C(C)(C)C)C1. The van der Waals surface area contributed by atoms with Crippen molar-refractivity contribution in [3.8, 4) is 0 Å². The van der Waals surface area contributed by atoms with E-state index in [-0.39, 0.29) is 5.91 Å². The van der Waals surface area contributed by atoms with Crippen molar-refractivity contribution in [3.63, 3.8) is 0 Å². The number of carbonyl (C=O) groups is 1. The molecule has 1 aliphatic heterocycles. The Morgan fingerprint density at radius 2 is 2.18 bits per heavy atom. The fraction of sp³-hybridized carbons (Fsp3) is 0.923. The number of nitrogens with zero attached hydrogens (tertiary/aromatic N) is 1. The highest BCUT2D eigenvalue weighted by atomic mass is 79.9. The van der Waals surface area contributed by atoms with Crippen LogP contribution in [0.3, 0.4) is 0 Å². The number of likely N-dealkylation sites (tertiary alicyclic amines) is 1. The largest absolute Gasteiger partial charge is 0.352 e. The number of carbonyl (C=O) groups excluding carboxylic acids is 1. The fourth-order valence-corrected chi connectivity index (χ4v) is 3.45. The molecule has 1 amide bonds. The summed E-state index contributed by atoms with van der Waals surface area (Å²) in [6.45, 7) is 11.7. The first-order valence-electron chi connectivity index (χ1n) is 6.38. The Labute approximate surface area is 113 Å². The van der Waals surface area contributed by atoms with Gasteiger partial charge in [-0.25, -0.2) is 0 Å². The van der Waals surface area contributed by atoms with Crippen molar-refractivity contribution in [2.75, 3.05) is 25.0 Å². The van der Waals surface area contributed by atoms with Crippen LogP contribution in [-0.2, 0) is 4.79 Å². The molecule has 1 N–H and O–H groups in total. The highest BCUT2D eigenvalue weighted by molar-refractivity contribution is 9.09. The van der Waals surface area contributed by atoms with E-state index in [1.54, 1.807) is 6.92 Å². The van der Waals surface area contributed by atoms with Crippen molar-refractivity contribution in [2.24, 2.45) is 11.3 Å². The first-order chi connectivity index (χ1) is 7.82. The van der Waals surface area contributed by atoms with Crippen LogP contribution >= 0.6 is 15.9 Å². The van der Waals surface area contributed by atoms with E-state index in [1.165, 1.54) is 0 Å². The van der Waals surface area contributed by atoms with E-state index >= 15 is 0 Å². The molecular weight excluding hydrogens is 280 g/mol. The molecule has 1 saturated heterocycles. The number of rotatable bonds is 4. The highest BCUT2D eigenvalue weighted by Crippen LogP contribution is 2.29. The van der Waals surface area contributed by atoms with Crippen molar-refractivity contribution < 1.29 is 4.79 Å². The van der Waals surface area contributed by atoms with E-state index in [4.69, 9.17) is 0 Å². The molecule has 0 saturated carbocycles. The van der Waals surface area contributed by atoms with Gasteiger partial charge in [0.15, 0.2) is 0 Å². The number of halogens is 1. The molecule has 0 aliphatic carbocycles. The van der Waals surface area contributed by atoms with Gasteiger partial charge in [0.25, 0.3) is 0 Å². The second-order valence-corrected chi connectivity index (χ2v) is 6.81. The number of amides is 1. The lowest BCUT2D eigenvalue weighted by Crippen LogP contribution is -2.39. The minimum Gasteiger partial charge on any atom is -0.352 e. The van der Waals surface area contributed by atoms with Gasteiger partial charge in [-0.15, -0.1) is 0 Å². The molecule has 1 rings (SSSR count). The lowest BCUT2D eigenvalue weighted by molar-refractivity contribution is -0.119. The quantitative estimate of drug-likeness (QED) is 0.808. The maximum absolute atomic E-state index is 11.0. The van der Waals surface area contributed by atoms with E-state index in [0.717, 1.165) is 31.4 Å². The first kappa shape index (κ1) is 15.0. The Hall–Kier alpha value is -0.0900. The van der Waals surface area contributed by atoms with Gasteiger partial charge in [-0.05, 0) is 17.8 Å². The minimum atomic E-state index is 0.0877. The summed E-state index contributed by atoms with van der Waals surface area (Å²) in [7, 11) is 0. The number of hydrogen-bond acceptors (Lipinski definition) is 2. The zero-order valence-electron chi connectivity index (χ0n) is 11.4. The average Bonchev–Trinajstić information content (AvgIpc) is 2.59. The molecule has 0 radical (unpaired) electrons. The Morgan fingerprint density at radius 3 is 2.65 bits per heavy atom. The minimum absolute atomic E-state index is 0.0877. The standard InChI is InChI=1S/C13H25BrN2O/c1-10(17)15-12-5-6-16(9-12)8-11(7-14)13(2,3)4/h11-12H,5-9H2,1-4H3,(H,15,17). The monoisotopic (exact) mass is 304 g/mol. The van der Waals surface area contributed by atoms with Gasteiger partial charge in [-0.3, -0.25) is 4.79 Å². The summed E-state index contributed by atoms with van der Waals surface area (Å²) in [6.07, 6.45) is 1.08. The molecule has 100 valence electrons. The second kappa shape index (κ2) is 6.19. The Balaban J connectivity index is 2.41. The number of alkyl halides is 1. The molecule has 0 bridgehead atoms. The van der Waals surface area contributed by atoms with Crippen LogP contribution in [0.5, 0.6) is 0 Å². The van der Waals surface area contributed by atoms with E-state index in [1.807, 2.05) is 0 Å². The van der Waals surface area contributed by atoms with E-state index < -0.39 is 0 Å². The van der Waals surface area contributed by atoms with Crippen LogP contribution in [0.1, 0.15) is 34.1 Å². The molecule has 1 aliphatic rings. The van der Waals surface area contributed by atoms with Crippen molar-refractivity contribution in [3.05, 3.63) is 0 Å². The maximum Gasteiger partial charge on any atom is 0.217 e. The average molecular weight is 305 g/mol. The zero-order chi connectivity index (χ0) is 13.1. The summed E-state index contributed by atoms with van der Waals surface area (Å²) in [5.74, 6) is 0.739. The normalized spacial score (nSPS) is 23.7. The Kier molecular flexibility index (Phi) is 5.45. The van der Waals surface area contributed by atoms with Crippen LogP contribution in [-0.4, -0.2) is 41.8 Å². The van der Waals surface area contributed by atoms with Gasteiger partial charge >= 0.3 is 0 Å². The lowest BCUT2D eigenvalue weighted by Gasteiger charge is -2.32. The first-order valence-corrected chi connectivity index (χ1v) is 7.50. The summed E-state index contributed by atoms with van der Waals surface area (Å²) in [5, 5.41) is 4.05. The third-order valence-electron chi connectivity index (χ3n) is 3.57. The molecule has 2 unspecified atom stereocenters. The third kappa shape index (κ3) is 4.96. The summed E-state index contributed by atoms with van der Waals surface area (Å²) in [6, 6.07) is 0.350. The zero-order valence-corrected chi connectivity index (χ0v) is 13.0. The van der Waals surface area contributed by atoms with Gasteiger partial charge in [0, 0.05) is 37.9 Å². The van der Waals surface area contributed by atoms with E-state index in [0.29, 0.717) is 17.4 Å². The van der Waals surface area contributed by atoms with Gasteiger partial charge in [0.2, 0.25) is 5.91 Å². The molecule has 0 spiro atoms. The molecule has 1 heterocycles. The summed E-state index contributed by atoms with van der Waals surface area (Å²) in [4.78, 5) is 13.5. The molecular formula is C13H25BrN2O. The predicted molar refractivity (Wildman–Crippen MR) is 75.4 cm³/mol. The molecule has 3 nitrogen and oxygen atoms in total. The Morgan fingerprint density at radius 1 is 1.53 bits per heavy atom. The molecule has 0 aromatic carbocycles. The van der Waals surface area contributed by atoms with Gasteiger partial charge < -0.3 is 10.2 Å². The number of nitrogens with one attached hydrogen (secondary N) is 1. The molecule has 0 aromatic rings. The summed E-state index contributed by atoms with van der Waals surface area (Å²) >= 11 is 3.62. The lowest BCUT2D eigenvalue weighted by atomic mass is 9.82. The topological polar surface area (TPSA) is 32.3 Å². The van der Waals surface area contributed by atoms with Gasteiger partial charge in [0.1, 0.15) is 0 Å². The predicted octanol–water partition coefficient (Wildman–Crippen LogP) is 2.25. The van der Waals surface area contributed by atoms with E-state index in [2.05, 4.69) is 46.9 Å². The summed E-state index contributed by atoms with van der Waals surface area (Å²) in [5.41, 5.74) is 0.329. The van der Waals surface area contributed by atoms with Gasteiger partial charge in [0.05, 0.1) is 0 Å². The van der Waals surface area contributed by atoms with Gasteiger partial charge in [-0.2, -0.15) is 0 Å². The third-order valence-corrected chi connectivity index (χ3v) is 4.35. The molecule has 17 heavy (non-hydrogen) atoms. The van der Waals surface area contributed by atoms with E-state index in [9.17, 15) is 4.79 Å². The van der Waals surface area contributed by atoms with Gasteiger partial charge in [-0.1, -0.05) is 36.7 Å². The highest BCUT2D eigenvalue weighted by Gasteiger charge is 2.29. The van der Waals surface area contributed by atoms with Crippen molar-refractivity contribution >= 4 is 21.8 Å². The fourth-order valence-electron chi connectivity index (χ4n) is 2.27. The number of hydrogen-bond donors (Lipinski definition) is 1. The van der Waals surface area contributed by atoms with Crippen molar-refractivity contribution in [2.45, 2.75) is 40.2 Å². The van der Waals surface area contributed by atoms with Crippen LogP contribution in [0.2, 0.25) is 0 Å². The van der Waals surface area contributed by atoms with Crippen LogP contribution in [0.25, 0.3) is 0 Å². The van der Waals surface area contributed by atoms with Crippen LogP contribution in [0, 0.1) is 11.3 Å². The molecule has 4 heteroatoms. The summed E-state index contributed by atoms with van der Waals surface area (Å²) < 4.78 is 0.